The first-order valence-corrected chi connectivity index (χ1v) is 7.47. The minimum atomic E-state index is 0.109. The zero-order valence-electron chi connectivity index (χ0n) is 12.1. The summed E-state index contributed by atoms with van der Waals surface area (Å²) in [5, 5.41) is 3.40. The Bertz CT molecular complexity index is 503. The molecule has 4 heteroatoms. The Kier molecular flexibility index (Phi) is 3.66. The third kappa shape index (κ3) is 2.18. The standard InChI is InChI=1S/C16H22N2O2/c1-3-20-15-7-5-4-6-13(15)16(19)18-11(2)8-12-9-17-10-14(12)18/h4-7,11-12,14,17H,3,8-10H2,1-2H3. The van der Waals surface area contributed by atoms with E-state index < -0.39 is 0 Å². The van der Waals surface area contributed by atoms with Crippen molar-refractivity contribution >= 4 is 5.91 Å². The first-order chi connectivity index (χ1) is 9.72. The number of hydrogen-bond acceptors (Lipinski definition) is 3. The molecule has 4 nitrogen and oxygen atoms in total. The van der Waals surface area contributed by atoms with Crippen LogP contribution in [0, 0.1) is 5.92 Å². The maximum Gasteiger partial charge on any atom is 0.258 e. The van der Waals surface area contributed by atoms with Gasteiger partial charge in [0.25, 0.3) is 5.91 Å². The number of nitrogens with zero attached hydrogens (tertiary/aromatic N) is 1. The molecule has 2 aliphatic heterocycles. The fourth-order valence-electron chi connectivity index (χ4n) is 3.58. The maximum absolute atomic E-state index is 12.9. The highest BCUT2D eigenvalue weighted by Crippen LogP contribution is 2.34. The summed E-state index contributed by atoms with van der Waals surface area (Å²) in [5.41, 5.74) is 0.689. The van der Waals surface area contributed by atoms with E-state index in [1.165, 1.54) is 0 Å². The van der Waals surface area contributed by atoms with Crippen LogP contribution in [0.1, 0.15) is 30.6 Å². The van der Waals surface area contributed by atoms with Crippen LogP contribution in [0.15, 0.2) is 24.3 Å². The molecule has 20 heavy (non-hydrogen) atoms. The molecule has 0 aliphatic carbocycles. The van der Waals surface area contributed by atoms with Gasteiger partial charge in [-0.05, 0) is 38.3 Å². The summed E-state index contributed by atoms with van der Waals surface area (Å²) in [7, 11) is 0. The van der Waals surface area contributed by atoms with Gasteiger partial charge < -0.3 is 15.0 Å². The van der Waals surface area contributed by atoms with Crippen LogP contribution in [0.5, 0.6) is 5.75 Å². The van der Waals surface area contributed by atoms with Gasteiger partial charge in [-0.15, -0.1) is 0 Å². The van der Waals surface area contributed by atoms with Crippen molar-refractivity contribution in [1.82, 2.24) is 10.2 Å². The van der Waals surface area contributed by atoms with Crippen LogP contribution in [0.25, 0.3) is 0 Å². The third-order valence-electron chi connectivity index (χ3n) is 4.43. The smallest absolute Gasteiger partial charge is 0.258 e. The van der Waals surface area contributed by atoms with Crippen LogP contribution in [0.4, 0.5) is 0 Å². The second-order valence-electron chi connectivity index (χ2n) is 5.71. The Labute approximate surface area is 120 Å². The monoisotopic (exact) mass is 274 g/mol. The molecule has 0 aromatic heterocycles. The van der Waals surface area contributed by atoms with Crippen molar-refractivity contribution in [3.63, 3.8) is 0 Å². The summed E-state index contributed by atoms with van der Waals surface area (Å²) in [6, 6.07) is 8.22. The van der Waals surface area contributed by atoms with Crippen LogP contribution in [0.2, 0.25) is 0 Å². The first kappa shape index (κ1) is 13.4. The SMILES string of the molecule is CCOc1ccccc1C(=O)N1C(C)CC2CNCC21. The number of nitrogens with one attached hydrogen (secondary N) is 1. The summed E-state index contributed by atoms with van der Waals surface area (Å²) in [6.07, 6.45) is 1.10. The molecule has 1 aromatic rings. The van der Waals surface area contributed by atoms with Crippen molar-refractivity contribution in [1.29, 1.82) is 0 Å². The molecule has 0 bridgehead atoms. The highest BCUT2D eigenvalue weighted by atomic mass is 16.5. The van der Waals surface area contributed by atoms with Crippen LogP contribution < -0.4 is 10.1 Å². The van der Waals surface area contributed by atoms with Crippen molar-refractivity contribution in [2.45, 2.75) is 32.4 Å². The van der Waals surface area contributed by atoms with Gasteiger partial charge in [0.05, 0.1) is 12.2 Å². The van der Waals surface area contributed by atoms with Gasteiger partial charge in [0.15, 0.2) is 0 Å². The average molecular weight is 274 g/mol. The molecule has 2 fully saturated rings. The lowest BCUT2D eigenvalue weighted by Gasteiger charge is -2.28. The van der Waals surface area contributed by atoms with E-state index in [0.29, 0.717) is 35.9 Å². The molecule has 3 atom stereocenters. The molecule has 2 heterocycles. The molecule has 0 radical (unpaired) electrons. The molecule has 0 spiro atoms. The van der Waals surface area contributed by atoms with Gasteiger partial charge in [0.2, 0.25) is 0 Å². The first-order valence-electron chi connectivity index (χ1n) is 7.47. The number of carbonyl (C=O) groups is 1. The molecule has 1 N–H and O–H groups in total. The quantitative estimate of drug-likeness (QED) is 0.915. The second-order valence-corrected chi connectivity index (χ2v) is 5.71. The van der Waals surface area contributed by atoms with E-state index in [2.05, 4.69) is 17.1 Å². The van der Waals surface area contributed by atoms with Gasteiger partial charge in [0, 0.05) is 25.2 Å². The topological polar surface area (TPSA) is 41.6 Å². The van der Waals surface area contributed by atoms with Crippen LogP contribution in [0.3, 0.4) is 0 Å². The summed E-state index contributed by atoms with van der Waals surface area (Å²) in [5.74, 6) is 1.41. The summed E-state index contributed by atoms with van der Waals surface area (Å²) in [4.78, 5) is 15.0. The van der Waals surface area contributed by atoms with E-state index in [4.69, 9.17) is 4.74 Å². The minimum absolute atomic E-state index is 0.109. The zero-order valence-corrected chi connectivity index (χ0v) is 12.1. The molecular formula is C16H22N2O2. The summed E-state index contributed by atoms with van der Waals surface area (Å²) in [6.45, 7) is 6.62. The molecule has 3 unspecified atom stereocenters. The Morgan fingerprint density at radius 3 is 3.00 bits per heavy atom. The Morgan fingerprint density at radius 2 is 2.20 bits per heavy atom. The molecule has 1 aromatic carbocycles. The molecule has 2 aliphatic rings. The molecule has 1 amide bonds. The van der Waals surface area contributed by atoms with Crippen molar-refractivity contribution in [3.8, 4) is 5.75 Å². The number of fused-ring (bicyclic) bond motifs is 1. The molecule has 3 rings (SSSR count). The average Bonchev–Trinajstić information content (AvgIpc) is 2.99. The van der Waals surface area contributed by atoms with E-state index in [9.17, 15) is 4.79 Å². The van der Waals surface area contributed by atoms with E-state index >= 15 is 0 Å². The van der Waals surface area contributed by atoms with Gasteiger partial charge in [-0.25, -0.2) is 0 Å². The second kappa shape index (κ2) is 5.44. The number of amides is 1. The Morgan fingerprint density at radius 1 is 1.40 bits per heavy atom. The number of carbonyl (C=O) groups excluding carboxylic acids is 1. The van der Waals surface area contributed by atoms with Crippen LogP contribution >= 0.6 is 0 Å². The van der Waals surface area contributed by atoms with Gasteiger partial charge in [-0.3, -0.25) is 4.79 Å². The fourth-order valence-corrected chi connectivity index (χ4v) is 3.58. The van der Waals surface area contributed by atoms with E-state index in [1.807, 2.05) is 31.2 Å². The van der Waals surface area contributed by atoms with Crippen molar-refractivity contribution in [2.24, 2.45) is 5.92 Å². The number of para-hydroxylation sites is 1. The van der Waals surface area contributed by atoms with Crippen LogP contribution in [-0.4, -0.2) is 42.6 Å². The van der Waals surface area contributed by atoms with Gasteiger partial charge in [-0.2, -0.15) is 0 Å². The number of rotatable bonds is 3. The molecular weight excluding hydrogens is 252 g/mol. The number of likely N-dealkylation sites (tertiary alicyclic amines) is 1. The highest BCUT2D eigenvalue weighted by molar-refractivity contribution is 5.97. The number of benzene rings is 1. The van der Waals surface area contributed by atoms with Gasteiger partial charge >= 0.3 is 0 Å². The summed E-state index contributed by atoms with van der Waals surface area (Å²) < 4.78 is 5.60. The maximum atomic E-state index is 12.9. The highest BCUT2D eigenvalue weighted by Gasteiger charge is 2.44. The van der Waals surface area contributed by atoms with E-state index in [1.54, 1.807) is 0 Å². The minimum Gasteiger partial charge on any atom is -0.493 e. The predicted octanol–water partition coefficient (Wildman–Crippen LogP) is 1.91. The largest absolute Gasteiger partial charge is 0.493 e. The number of ether oxygens (including phenoxy) is 1. The predicted molar refractivity (Wildman–Crippen MR) is 78.0 cm³/mol. The van der Waals surface area contributed by atoms with E-state index in [-0.39, 0.29) is 5.91 Å². The molecule has 0 saturated carbocycles. The Balaban J connectivity index is 1.88. The molecule has 108 valence electrons. The van der Waals surface area contributed by atoms with E-state index in [0.717, 1.165) is 19.5 Å². The lowest BCUT2D eigenvalue weighted by Crippen LogP contribution is -2.42. The third-order valence-corrected chi connectivity index (χ3v) is 4.43. The van der Waals surface area contributed by atoms with Crippen LogP contribution in [-0.2, 0) is 0 Å². The zero-order chi connectivity index (χ0) is 14.1. The normalized spacial score (nSPS) is 28.5. The lowest BCUT2D eigenvalue weighted by molar-refractivity contribution is 0.0678. The summed E-state index contributed by atoms with van der Waals surface area (Å²) >= 11 is 0. The van der Waals surface area contributed by atoms with Crippen molar-refractivity contribution < 1.29 is 9.53 Å². The van der Waals surface area contributed by atoms with Crippen molar-refractivity contribution in [2.75, 3.05) is 19.7 Å². The van der Waals surface area contributed by atoms with Crippen molar-refractivity contribution in [3.05, 3.63) is 29.8 Å². The van der Waals surface area contributed by atoms with Gasteiger partial charge in [0.1, 0.15) is 5.75 Å². The van der Waals surface area contributed by atoms with Gasteiger partial charge in [-0.1, -0.05) is 12.1 Å². The fraction of sp³-hybridized carbons (Fsp3) is 0.562. The lowest BCUT2D eigenvalue weighted by atomic mass is 10.0. The number of hydrogen-bond donors (Lipinski definition) is 1. The Hall–Kier alpha value is -1.55. The molecule has 2 saturated heterocycles.